The van der Waals surface area contributed by atoms with Crippen LogP contribution in [0.25, 0.3) is 10.9 Å². The molecule has 1 N–H and O–H groups in total. The molecule has 5 heteroatoms. The fourth-order valence-corrected chi connectivity index (χ4v) is 4.16. The molecule has 0 spiro atoms. The molecule has 2 aromatic rings. The highest BCUT2D eigenvalue weighted by atomic mass is 16.3. The number of amides is 1. The van der Waals surface area contributed by atoms with E-state index in [2.05, 4.69) is 11.1 Å². The zero-order valence-corrected chi connectivity index (χ0v) is 17.2. The Bertz CT molecular complexity index is 862. The summed E-state index contributed by atoms with van der Waals surface area (Å²) >= 11 is 0. The molecule has 0 aliphatic carbocycles. The predicted molar refractivity (Wildman–Crippen MR) is 109 cm³/mol. The summed E-state index contributed by atoms with van der Waals surface area (Å²) in [6, 6.07) is 6.08. The molecule has 146 valence electrons. The second-order valence-corrected chi connectivity index (χ2v) is 8.33. The first-order chi connectivity index (χ1) is 12.7. The Morgan fingerprint density at radius 3 is 2.67 bits per heavy atom. The van der Waals surface area contributed by atoms with Gasteiger partial charge in [-0.15, -0.1) is 0 Å². The molecule has 1 aliphatic rings. The minimum absolute atomic E-state index is 0.0581. The molecule has 1 aromatic heterocycles. The third-order valence-corrected chi connectivity index (χ3v) is 5.66. The van der Waals surface area contributed by atoms with Crippen LogP contribution in [0.15, 0.2) is 18.2 Å². The molecule has 1 amide bonds. The second kappa shape index (κ2) is 7.56. The Balaban J connectivity index is 1.94. The van der Waals surface area contributed by atoms with Crippen LogP contribution in [0.5, 0.6) is 0 Å². The first kappa shape index (κ1) is 19.8. The van der Waals surface area contributed by atoms with Gasteiger partial charge in [0, 0.05) is 30.7 Å². The maximum absolute atomic E-state index is 13.5. The molecule has 1 atom stereocenters. The van der Waals surface area contributed by atoms with Gasteiger partial charge in [-0.25, -0.2) is 0 Å². The van der Waals surface area contributed by atoms with Crippen molar-refractivity contribution in [3.05, 3.63) is 40.6 Å². The zero-order valence-electron chi connectivity index (χ0n) is 17.2. The van der Waals surface area contributed by atoms with Crippen LogP contribution in [0, 0.1) is 20.8 Å². The Morgan fingerprint density at radius 2 is 1.96 bits per heavy atom. The topological polar surface area (TPSA) is 56.7 Å². The average molecular weight is 370 g/mol. The van der Waals surface area contributed by atoms with E-state index in [4.69, 9.17) is 0 Å². The van der Waals surface area contributed by atoms with E-state index in [1.54, 1.807) is 0 Å². The third-order valence-electron chi connectivity index (χ3n) is 5.66. The summed E-state index contributed by atoms with van der Waals surface area (Å²) in [6.45, 7) is 7.88. The molecule has 0 bridgehead atoms. The van der Waals surface area contributed by atoms with Crippen LogP contribution in [-0.2, 0) is 0 Å². The molecule has 1 fully saturated rings. The van der Waals surface area contributed by atoms with Gasteiger partial charge < -0.3 is 14.9 Å². The number of carbonyl (C=O) groups is 1. The van der Waals surface area contributed by atoms with Crippen molar-refractivity contribution in [2.45, 2.75) is 45.6 Å². The predicted octanol–water partition coefficient (Wildman–Crippen LogP) is 3.08. The van der Waals surface area contributed by atoms with Gasteiger partial charge in [0.05, 0.1) is 16.7 Å². The summed E-state index contributed by atoms with van der Waals surface area (Å²) in [5.74, 6) is 0.0581. The van der Waals surface area contributed by atoms with Crippen LogP contribution >= 0.6 is 0 Å². The Hall–Kier alpha value is -1.98. The molecule has 0 saturated carbocycles. The summed E-state index contributed by atoms with van der Waals surface area (Å²) in [5, 5.41) is 11.8. The number of aromatic nitrogens is 1. The number of benzene rings is 1. The fraction of sp³-hybridized carbons (Fsp3) is 0.545. The molecular formula is C22H31N3O2. The van der Waals surface area contributed by atoms with E-state index >= 15 is 0 Å². The Kier molecular flexibility index (Phi) is 5.54. The summed E-state index contributed by atoms with van der Waals surface area (Å²) in [6.07, 6.45) is 2.15. The standard InChI is InChI=1S/C22H31N3O2/c1-15-7-8-19-18(13-15)20(16(2)17(3)23-19)21(26)25-11-6-9-22(27,10-12-25)14-24(4)5/h7-8,13,27H,6,9-12,14H2,1-5H3/t22-/m0/s1. The molecule has 1 aliphatic heterocycles. The first-order valence-electron chi connectivity index (χ1n) is 9.74. The highest BCUT2D eigenvalue weighted by Crippen LogP contribution is 2.28. The number of likely N-dealkylation sites (tertiary alicyclic amines) is 1. The Morgan fingerprint density at radius 1 is 1.22 bits per heavy atom. The van der Waals surface area contributed by atoms with E-state index < -0.39 is 5.60 Å². The highest BCUT2D eigenvalue weighted by Gasteiger charge is 2.33. The molecule has 0 unspecified atom stereocenters. The number of aliphatic hydroxyl groups is 1. The molecule has 0 radical (unpaired) electrons. The highest BCUT2D eigenvalue weighted by molar-refractivity contribution is 6.07. The number of fused-ring (bicyclic) bond motifs is 1. The van der Waals surface area contributed by atoms with Crippen molar-refractivity contribution in [3.63, 3.8) is 0 Å². The van der Waals surface area contributed by atoms with E-state index in [0.717, 1.165) is 46.1 Å². The quantitative estimate of drug-likeness (QED) is 0.903. The first-order valence-corrected chi connectivity index (χ1v) is 9.74. The summed E-state index contributed by atoms with van der Waals surface area (Å²) < 4.78 is 0. The van der Waals surface area contributed by atoms with Crippen LogP contribution in [0.3, 0.4) is 0 Å². The smallest absolute Gasteiger partial charge is 0.254 e. The molecule has 2 heterocycles. The zero-order chi connectivity index (χ0) is 19.8. The Labute approximate surface area is 162 Å². The van der Waals surface area contributed by atoms with Crippen molar-refractivity contribution in [3.8, 4) is 0 Å². The number of nitrogens with zero attached hydrogens (tertiary/aromatic N) is 3. The van der Waals surface area contributed by atoms with Crippen molar-refractivity contribution in [2.24, 2.45) is 0 Å². The van der Waals surface area contributed by atoms with Gasteiger partial charge in [0.15, 0.2) is 0 Å². The summed E-state index contributed by atoms with van der Waals surface area (Å²) in [4.78, 5) is 22.1. The van der Waals surface area contributed by atoms with E-state index in [9.17, 15) is 9.90 Å². The number of rotatable bonds is 3. The number of pyridine rings is 1. The lowest BCUT2D eigenvalue weighted by Gasteiger charge is -2.30. The van der Waals surface area contributed by atoms with Crippen LogP contribution < -0.4 is 0 Å². The van der Waals surface area contributed by atoms with Gasteiger partial charge in [0.1, 0.15) is 0 Å². The van der Waals surface area contributed by atoms with Gasteiger partial charge in [0.25, 0.3) is 5.91 Å². The van der Waals surface area contributed by atoms with Gasteiger partial charge in [-0.3, -0.25) is 9.78 Å². The largest absolute Gasteiger partial charge is 0.388 e. The van der Waals surface area contributed by atoms with Gasteiger partial charge in [0.2, 0.25) is 0 Å². The van der Waals surface area contributed by atoms with Crippen molar-refractivity contribution in [1.29, 1.82) is 0 Å². The maximum Gasteiger partial charge on any atom is 0.254 e. The molecule has 27 heavy (non-hydrogen) atoms. The number of hydrogen-bond acceptors (Lipinski definition) is 4. The summed E-state index contributed by atoms with van der Waals surface area (Å²) in [5.41, 5.74) is 3.88. The maximum atomic E-state index is 13.5. The SMILES string of the molecule is Cc1ccc2nc(C)c(C)c(C(=O)N3CCC[C@@](O)(CN(C)C)CC3)c2c1. The molecule has 3 rings (SSSR count). The lowest BCUT2D eigenvalue weighted by atomic mass is 9.94. The molecule has 1 aromatic carbocycles. The van der Waals surface area contributed by atoms with Crippen molar-refractivity contribution < 1.29 is 9.90 Å². The van der Waals surface area contributed by atoms with Crippen LogP contribution in [-0.4, -0.2) is 65.1 Å². The molecule has 5 nitrogen and oxygen atoms in total. The third kappa shape index (κ3) is 4.14. The van der Waals surface area contributed by atoms with E-state index in [1.165, 1.54) is 0 Å². The van der Waals surface area contributed by atoms with E-state index in [0.29, 0.717) is 26.1 Å². The van der Waals surface area contributed by atoms with Crippen molar-refractivity contribution in [1.82, 2.24) is 14.8 Å². The van der Waals surface area contributed by atoms with Crippen LogP contribution in [0.1, 0.15) is 46.4 Å². The van der Waals surface area contributed by atoms with Crippen LogP contribution in [0.2, 0.25) is 0 Å². The average Bonchev–Trinajstić information content (AvgIpc) is 2.77. The fourth-order valence-electron chi connectivity index (χ4n) is 4.16. The number of likely N-dealkylation sites (N-methyl/N-ethyl adjacent to an activating group) is 1. The minimum Gasteiger partial charge on any atom is -0.388 e. The van der Waals surface area contributed by atoms with Gasteiger partial charge >= 0.3 is 0 Å². The lowest BCUT2D eigenvalue weighted by Crippen LogP contribution is -2.41. The number of carbonyl (C=O) groups excluding carboxylic acids is 1. The number of hydrogen-bond donors (Lipinski definition) is 1. The molecule has 1 saturated heterocycles. The summed E-state index contributed by atoms with van der Waals surface area (Å²) in [7, 11) is 3.95. The van der Waals surface area contributed by atoms with Crippen LogP contribution in [0.4, 0.5) is 0 Å². The van der Waals surface area contributed by atoms with E-state index in [1.807, 2.05) is 56.8 Å². The van der Waals surface area contributed by atoms with Crippen molar-refractivity contribution >= 4 is 16.8 Å². The lowest BCUT2D eigenvalue weighted by molar-refractivity contribution is 0.00305. The normalized spacial score (nSPS) is 20.9. The van der Waals surface area contributed by atoms with Gasteiger partial charge in [-0.2, -0.15) is 0 Å². The molecular weight excluding hydrogens is 338 g/mol. The van der Waals surface area contributed by atoms with Crippen molar-refractivity contribution in [2.75, 3.05) is 33.7 Å². The monoisotopic (exact) mass is 369 g/mol. The number of aryl methyl sites for hydroxylation is 2. The van der Waals surface area contributed by atoms with E-state index in [-0.39, 0.29) is 5.91 Å². The van der Waals surface area contributed by atoms with Gasteiger partial charge in [-0.1, -0.05) is 11.6 Å². The van der Waals surface area contributed by atoms with Gasteiger partial charge in [-0.05, 0) is 71.8 Å². The second-order valence-electron chi connectivity index (χ2n) is 8.33. The minimum atomic E-state index is -0.722.